The predicted molar refractivity (Wildman–Crippen MR) is 77.7 cm³/mol. The van der Waals surface area contributed by atoms with Gasteiger partial charge in [0.15, 0.2) is 5.11 Å². The third-order valence-electron chi connectivity index (χ3n) is 1.83. The quantitative estimate of drug-likeness (QED) is 0.838. The summed E-state index contributed by atoms with van der Waals surface area (Å²) in [4.78, 5) is -0.0681. The molecule has 0 spiro atoms. The SMILES string of the molecule is CC(C)NC(=S)NS(=O)(=O)c1ccc(Cl)cc1Cl. The Hall–Kier alpha value is -0.560. The molecule has 0 saturated carbocycles. The van der Waals surface area contributed by atoms with E-state index in [0.29, 0.717) is 5.02 Å². The standard InChI is InChI=1S/C10H12Cl2N2O2S2/c1-6(2)13-10(17)14-18(15,16)9-4-3-7(11)5-8(9)12/h3-6H,1-2H3,(H2,13,14,17). The summed E-state index contributed by atoms with van der Waals surface area (Å²) in [5.41, 5.74) is 0. The average Bonchev–Trinajstić information content (AvgIpc) is 2.13. The van der Waals surface area contributed by atoms with Gasteiger partial charge in [0, 0.05) is 11.1 Å². The van der Waals surface area contributed by atoms with Crippen molar-refractivity contribution >= 4 is 50.6 Å². The summed E-state index contributed by atoms with van der Waals surface area (Å²) >= 11 is 16.4. The van der Waals surface area contributed by atoms with Crippen LogP contribution < -0.4 is 10.0 Å². The molecule has 0 fully saturated rings. The molecule has 0 aliphatic rings. The Labute approximate surface area is 122 Å². The van der Waals surface area contributed by atoms with Gasteiger partial charge in [-0.15, -0.1) is 0 Å². The van der Waals surface area contributed by atoms with Crippen molar-refractivity contribution in [2.45, 2.75) is 24.8 Å². The highest BCUT2D eigenvalue weighted by molar-refractivity contribution is 7.92. The largest absolute Gasteiger partial charge is 0.360 e. The monoisotopic (exact) mass is 326 g/mol. The van der Waals surface area contributed by atoms with Gasteiger partial charge in [-0.25, -0.2) is 8.42 Å². The van der Waals surface area contributed by atoms with Crippen molar-refractivity contribution in [1.82, 2.24) is 10.0 Å². The molecule has 0 aliphatic carbocycles. The Bertz CT molecular complexity index is 559. The van der Waals surface area contributed by atoms with Crippen LogP contribution in [0.2, 0.25) is 10.0 Å². The van der Waals surface area contributed by atoms with Crippen LogP contribution in [0.3, 0.4) is 0 Å². The van der Waals surface area contributed by atoms with E-state index in [-0.39, 0.29) is 21.1 Å². The van der Waals surface area contributed by atoms with E-state index in [9.17, 15) is 8.42 Å². The van der Waals surface area contributed by atoms with Gasteiger partial charge < -0.3 is 5.32 Å². The second kappa shape index (κ2) is 6.06. The first kappa shape index (κ1) is 15.5. The van der Waals surface area contributed by atoms with Crippen LogP contribution in [0.4, 0.5) is 0 Å². The molecule has 0 bridgehead atoms. The highest BCUT2D eigenvalue weighted by Crippen LogP contribution is 2.24. The molecule has 1 aromatic carbocycles. The fraction of sp³-hybridized carbons (Fsp3) is 0.300. The van der Waals surface area contributed by atoms with Gasteiger partial charge in [-0.1, -0.05) is 23.2 Å². The predicted octanol–water partition coefficient (Wildman–Crippen LogP) is 2.55. The first-order chi connectivity index (χ1) is 8.22. The first-order valence-corrected chi connectivity index (χ1v) is 7.65. The van der Waals surface area contributed by atoms with Gasteiger partial charge in [-0.3, -0.25) is 4.72 Å². The lowest BCUT2D eigenvalue weighted by atomic mass is 10.4. The molecule has 18 heavy (non-hydrogen) atoms. The average molecular weight is 327 g/mol. The van der Waals surface area contributed by atoms with Crippen LogP contribution in [0.15, 0.2) is 23.1 Å². The van der Waals surface area contributed by atoms with E-state index in [0.717, 1.165) is 0 Å². The number of hydrogen-bond donors (Lipinski definition) is 2. The molecule has 1 rings (SSSR count). The Morgan fingerprint density at radius 3 is 2.44 bits per heavy atom. The van der Waals surface area contributed by atoms with Gasteiger partial charge in [-0.2, -0.15) is 0 Å². The smallest absolute Gasteiger partial charge is 0.265 e. The zero-order valence-corrected chi connectivity index (χ0v) is 12.8. The van der Waals surface area contributed by atoms with E-state index in [2.05, 4.69) is 10.0 Å². The molecule has 0 radical (unpaired) electrons. The third kappa shape index (κ3) is 4.28. The molecule has 0 atom stereocenters. The van der Waals surface area contributed by atoms with Crippen LogP contribution in [-0.2, 0) is 10.0 Å². The van der Waals surface area contributed by atoms with E-state index in [1.807, 2.05) is 13.8 Å². The van der Waals surface area contributed by atoms with E-state index in [1.54, 1.807) is 0 Å². The molecule has 0 unspecified atom stereocenters. The fourth-order valence-electron chi connectivity index (χ4n) is 1.16. The summed E-state index contributed by atoms with van der Waals surface area (Å²) in [7, 11) is -3.80. The van der Waals surface area contributed by atoms with E-state index in [1.165, 1.54) is 18.2 Å². The summed E-state index contributed by atoms with van der Waals surface area (Å²) in [6.45, 7) is 3.69. The van der Waals surface area contributed by atoms with Gasteiger partial charge in [0.2, 0.25) is 0 Å². The van der Waals surface area contributed by atoms with Gasteiger partial charge in [0.1, 0.15) is 4.90 Å². The molecule has 2 N–H and O–H groups in total. The Morgan fingerprint density at radius 2 is 1.94 bits per heavy atom. The molecule has 0 amide bonds. The number of hydrogen-bond acceptors (Lipinski definition) is 3. The van der Waals surface area contributed by atoms with Crippen LogP contribution in [0, 0.1) is 0 Å². The summed E-state index contributed by atoms with van der Waals surface area (Å²) in [6, 6.07) is 4.16. The number of sulfonamides is 1. The van der Waals surface area contributed by atoms with Crippen molar-refractivity contribution in [3.63, 3.8) is 0 Å². The van der Waals surface area contributed by atoms with Gasteiger partial charge in [0.25, 0.3) is 10.0 Å². The van der Waals surface area contributed by atoms with Crippen molar-refractivity contribution in [3.8, 4) is 0 Å². The Kier molecular flexibility index (Phi) is 5.21. The molecule has 0 saturated heterocycles. The molecule has 100 valence electrons. The molecule has 0 heterocycles. The Balaban J connectivity index is 2.97. The minimum Gasteiger partial charge on any atom is -0.360 e. The number of benzene rings is 1. The summed E-state index contributed by atoms with van der Waals surface area (Å²) < 4.78 is 26.2. The summed E-state index contributed by atoms with van der Waals surface area (Å²) in [5, 5.41) is 3.20. The molecular weight excluding hydrogens is 315 g/mol. The maximum atomic E-state index is 12.0. The van der Waals surface area contributed by atoms with Crippen molar-refractivity contribution in [2.24, 2.45) is 0 Å². The molecule has 8 heteroatoms. The zero-order chi connectivity index (χ0) is 13.9. The van der Waals surface area contributed by atoms with Crippen LogP contribution >= 0.6 is 35.4 Å². The molecular formula is C10H12Cl2N2O2S2. The van der Waals surface area contributed by atoms with Crippen LogP contribution in [0.1, 0.15) is 13.8 Å². The van der Waals surface area contributed by atoms with E-state index >= 15 is 0 Å². The number of halogens is 2. The maximum absolute atomic E-state index is 12.0. The second-order valence-electron chi connectivity index (χ2n) is 3.81. The van der Waals surface area contributed by atoms with E-state index < -0.39 is 10.0 Å². The highest BCUT2D eigenvalue weighted by atomic mass is 35.5. The van der Waals surface area contributed by atoms with Crippen molar-refractivity contribution in [3.05, 3.63) is 28.2 Å². The lowest BCUT2D eigenvalue weighted by Gasteiger charge is -2.14. The lowest BCUT2D eigenvalue weighted by Crippen LogP contribution is -2.42. The van der Waals surface area contributed by atoms with Gasteiger partial charge >= 0.3 is 0 Å². The topological polar surface area (TPSA) is 58.2 Å². The highest BCUT2D eigenvalue weighted by Gasteiger charge is 2.19. The van der Waals surface area contributed by atoms with Crippen molar-refractivity contribution < 1.29 is 8.42 Å². The number of nitrogens with one attached hydrogen (secondary N) is 2. The maximum Gasteiger partial charge on any atom is 0.265 e. The molecule has 0 aromatic heterocycles. The number of rotatable bonds is 3. The minimum absolute atomic E-state index is 0.0241. The fourth-order valence-corrected chi connectivity index (χ4v) is 3.42. The zero-order valence-electron chi connectivity index (χ0n) is 9.70. The molecule has 4 nitrogen and oxygen atoms in total. The summed E-state index contributed by atoms with van der Waals surface area (Å²) in [6.07, 6.45) is 0. The second-order valence-corrected chi connectivity index (χ2v) is 6.71. The van der Waals surface area contributed by atoms with E-state index in [4.69, 9.17) is 35.4 Å². The first-order valence-electron chi connectivity index (χ1n) is 5.01. The van der Waals surface area contributed by atoms with Crippen molar-refractivity contribution in [1.29, 1.82) is 0 Å². The van der Waals surface area contributed by atoms with Crippen molar-refractivity contribution in [2.75, 3.05) is 0 Å². The van der Waals surface area contributed by atoms with Gasteiger partial charge in [-0.05, 0) is 44.3 Å². The third-order valence-corrected chi connectivity index (χ3v) is 4.25. The van der Waals surface area contributed by atoms with Crippen LogP contribution in [-0.4, -0.2) is 19.6 Å². The van der Waals surface area contributed by atoms with Crippen LogP contribution in [0.5, 0.6) is 0 Å². The van der Waals surface area contributed by atoms with Crippen LogP contribution in [0.25, 0.3) is 0 Å². The lowest BCUT2D eigenvalue weighted by molar-refractivity contribution is 0.591. The van der Waals surface area contributed by atoms with Gasteiger partial charge in [0.05, 0.1) is 5.02 Å². The normalized spacial score (nSPS) is 11.4. The minimum atomic E-state index is -3.80. The summed E-state index contributed by atoms with van der Waals surface area (Å²) in [5.74, 6) is 0. The molecule has 1 aromatic rings. The molecule has 0 aliphatic heterocycles. The number of thiocarbonyl (C=S) groups is 1. The Morgan fingerprint density at radius 1 is 1.33 bits per heavy atom.